The Kier molecular flexibility index (Phi) is 5.37. The summed E-state index contributed by atoms with van der Waals surface area (Å²) in [5.41, 5.74) is 5.06. The van der Waals surface area contributed by atoms with Crippen molar-refractivity contribution in [3.05, 3.63) is 106 Å². The molecule has 0 unspecified atom stereocenters. The SMILES string of the molecule is Cc1c(/C=C2/SC(=Nc3ccc(F)cc3)NC2=O)c2ccccc2n1Cc1ccccc1. The number of fused-ring (bicyclic) bond motifs is 1. The van der Waals surface area contributed by atoms with Crippen molar-refractivity contribution in [1.29, 1.82) is 0 Å². The first kappa shape index (κ1) is 20.3. The molecule has 1 N–H and O–H groups in total. The van der Waals surface area contributed by atoms with Crippen molar-refractivity contribution in [2.24, 2.45) is 4.99 Å². The average Bonchev–Trinajstić information content (AvgIpc) is 3.28. The molecular formula is C26H20FN3OS. The van der Waals surface area contributed by atoms with E-state index in [1.165, 1.54) is 29.5 Å². The number of thioether (sulfide) groups is 1. The summed E-state index contributed by atoms with van der Waals surface area (Å²) in [4.78, 5) is 17.6. The molecule has 0 atom stereocenters. The summed E-state index contributed by atoms with van der Waals surface area (Å²) >= 11 is 1.29. The molecule has 2 heterocycles. The fourth-order valence-corrected chi connectivity index (χ4v) is 4.68. The van der Waals surface area contributed by atoms with Crippen LogP contribution in [0.2, 0.25) is 0 Å². The molecule has 0 aliphatic carbocycles. The van der Waals surface area contributed by atoms with E-state index in [2.05, 4.69) is 46.1 Å². The maximum atomic E-state index is 13.1. The number of amides is 1. The number of halogens is 1. The maximum Gasteiger partial charge on any atom is 0.264 e. The number of carbonyl (C=O) groups excluding carboxylic acids is 1. The molecule has 6 heteroatoms. The van der Waals surface area contributed by atoms with Crippen LogP contribution in [-0.4, -0.2) is 15.6 Å². The van der Waals surface area contributed by atoms with Gasteiger partial charge in [-0.25, -0.2) is 9.38 Å². The molecule has 1 amide bonds. The molecular weight excluding hydrogens is 421 g/mol. The summed E-state index contributed by atoms with van der Waals surface area (Å²) in [7, 11) is 0. The van der Waals surface area contributed by atoms with Crippen LogP contribution in [0.1, 0.15) is 16.8 Å². The van der Waals surface area contributed by atoms with Crippen LogP contribution in [0.15, 0.2) is 88.8 Å². The molecule has 1 fully saturated rings. The molecule has 1 aromatic heterocycles. The molecule has 3 aromatic carbocycles. The van der Waals surface area contributed by atoms with Crippen molar-refractivity contribution in [3.63, 3.8) is 0 Å². The molecule has 32 heavy (non-hydrogen) atoms. The lowest BCUT2D eigenvalue weighted by atomic mass is 10.1. The lowest BCUT2D eigenvalue weighted by molar-refractivity contribution is -0.115. The van der Waals surface area contributed by atoms with Gasteiger partial charge in [-0.2, -0.15) is 0 Å². The Morgan fingerprint density at radius 3 is 2.50 bits per heavy atom. The van der Waals surface area contributed by atoms with Crippen LogP contribution in [0.25, 0.3) is 17.0 Å². The Morgan fingerprint density at radius 1 is 1.00 bits per heavy atom. The lowest BCUT2D eigenvalue weighted by Crippen LogP contribution is -2.19. The molecule has 0 spiro atoms. The van der Waals surface area contributed by atoms with Gasteiger partial charge < -0.3 is 9.88 Å². The third-order valence-electron chi connectivity index (χ3n) is 5.45. The predicted molar refractivity (Wildman–Crippen MR) is 129 cm³/mol. The number of hydrogen-bond donors (Lipinski definition) is 1. The Balaban J connectivity index is 1.51. The average molecular weight is 442 g/mol. The van der Waals surface area contributed by atoms with Crippen molar-refractivity contribution in [2.45, 2.75) is 13.5 Å². The summed E-state index contributed by atoms with van der Waals surface area (Å²) in [6, 6.07) is 24.4. The van der Waals surface area contributed by atoms with Crippen LogP contribution in [0.5, 0.6) is 0 Å². The zero-order valence-electron chi connectivity index (χ0n) is 17.4. The van der Waals surface area contributed by atoms with Crippen molar-refractivity contribution < 1.29 is 9.18 Å². The highest BCUT2D eigenvalue weighted by Gasteiger charge is 2.25. The Morgan fingerprint density at radius 2 is 1.72 bits per heavy atom. The normalized spacial score (nSPS) is 16.2. The molecule has 0 bridgehead atoms. The van der Waals surface area contributed by atoms with Gasteiger partial charge in [-0.3, -0.25) is 4.79 Å². The first-order valence-corrected chi connectivity index (χ1v) is 11.1. The van der Waals surface area contributed by atoms with Gasteiger partial charge in [0.05, 0.1) is 10.6 Å². The Labute approximate surface area is 189 Å². The fourth-order valence-electron chi connectivity index (χ4n) is 3.85. The lowest BCUT2D eigenvalue weighted by Gasteiger charge is -2.08. The van der Waals surface area contributed by atoms with E-state index in [9.17, 15) is 9.18 Å². The summed E-state index contributed by atoms with van der Waals surface area (Å²) in [5, 5.41) is 4.39. The zero-order valence-corrected chi connectivity index (χ0v) is 18.2. The quantitative estimate of drug-likeness (QED) is 0.393. The highest BCUT2D eigenvalue weighted by molar-refractivity contribution is 8.18. The minimum Gasteiger partial charge on any atom is -0.340 e. The Bertz CT molecular complexity index is 1370. The van der Waals surface area contributed by atoms with Crippen LogP contribution in [0.4, 0.5) is 10.1 Å². The van der Waals surface area contributed by atoms with Crippen LogP contribution in [0, 0.1) is 12.7 Å². The largest absolute Gasteiger partial charge is 0.340 e. The first-order chi connectivity index (χ1) is 15.6. The molecule has 5 rings (SSSR count). The van der Waals surface area contributed by atoms with E-state index in [1.54, 1.807) is 12.1 Å². The van der Waals surface area contributed by atoms with E-state index in [1.807, 2.05) is 36.4 Å². The highest BCUT2D eigenvalue weighted by Crippen LogP contribution is 2.33. The van der Waals surface area contributed by atoms with Gasteiger partial charge in [0.1, 0.15) is 5.82 Å². The maximum absolute atomic E-state index is 13.1. The molecule has 0 radical (unpaired) electrons. The fraction of sp³-hybridized carbons (Fsp3) is 0.0769. The summed E-state index contributed by atoms with van der Waals surface area (Å²) < 4.78 is 15.4. The topological polar surface area (TPSA) is 46.4 Å². The number of amidine groups is 1. The van der Waals surface area contributed by atoms with Crippen LogP contribution in [0.3, 0.4) is 0 Å². The van der Waals surface area contributed by atoms with Gasteiger partial charge in [-0.05, 0) is 60.7 Å². The Hall–Kier alpha value is -3.64. The molecule has 4 aromatic rings. The molecule has 158 valence electrons. The van der Waals surface area contributed by atoms with Gasteiger partial charge in [0.25, 0.3) is 5.91 Å². The van der Waals surface area contributed by atoms with E-state index in [-0.39, 0.29) is 11.7 Å². The van der Waals surface area contributed by atoms with Crippen LogP contribution < -0.4 is 5.32 Å². The number of aliphatic imine (C=N–C) groups is 1. The second-order valence-electron chi connectivity index (χ2n) is 7.55. The number of nitrogens with zero attached hydrogens (tertiary/aromatic N) is 2. The van der Waals surface area contributed by atoms with Crippen molar-refractivity contribution in [2.75, 3.05) is 0 Å². The first-order valence-electron chi connectivity index (χ1n) is 10.3. The number of rotatable bonds is 4. The standard InChI is InChI=1S/C26H20FN3OS/c1-17-22(15-24-25(31)29-26(32-24)28-20-13-11-19(27)12-14-20)21-9-5-6-10-23(21)30(17)16-18-7-3-2-4-8-18/h2-15H,16H2,1H3,(H,28,29,31)/b24-15+. The summed E-state index contributed by atoms with van der Waals surface area (Å²) in [5.74, 6) is -0.504. The van der Waals surface area contributed by atoms with E-state index in [0.717, 1.165) is 28.7 Å². The molecule has 0 saturated carbocycles. The highest BCUT2D eigenvalue weighted by atomic mass is 32.2. The van der Waals surface area contributed by atoms with Gasteiger partial charge >= 0.3 is 0 Å². The van der Waals surface area contributed by atoms with Gasteiger partial charge in [0.2, 0.25) is 0 Å². The van der Waals surface area contributed by atoms with Crippen molar-refractivity contribution in [3.8, 4) is 0 Å². The third-order valence-corrected chi connectivity index (χ3v) is 6.36. The second-order valence-corrected chi connectivity index (χ2v) is 8.58. The van der Waals surface area contributed by atoms with Crippen molar-refractivity contribution >= 4 is 45.5 Å². The number of benzene rings is 3. The van der Waals surface area contributed by atoms with E-state index in [0.29, 0.717) is 15.8 Å². The predicted octanol–water partition coefficient (Wildman–Crippen LogP) is 6.03. The number of aromatic nitrogens is 1. The van der Waals surface area contributed by atoms with Crippen molar-refractivity contribution in [1.82, 2.24) is 9.88 Å². The summed E-state index contributed by atoms with van der Waals surface area (Å²) in [6.45, 7) is 2.84. The van der Waals surface area contributed by atoms with Gasteiger partial charge in [0.15, 0.2) is 5.17 Å². The molecule has 1 aliphatic heterocycles. The van der Waals surface area contributed by atoms with E-state index >= 15 is 0 Å². The smallest absolute Gasteiger partial charge is 0.264 e. The second kappa shape index (κ2) is 8.48. The van der Waals surface area contributed by atoms with Gasteiger partial charge in [-0.1, -0.05) is 48.5 Å². The molecule has 1 saturated heterocycles. The summed E-state index contributed by atoms with van der Waals surface area (Å²) in [6.07, 6.45) is 1.94. The monoisotopic (exact) mass is 441 g/mol. The molecule has 4 nitrogen and oxygen atoms in total. The van der Waals surface area contributed by atoms with E-state index < -0.39 is 0 Å². The third kappa shape index (κ3) is 3.97. The number of para-hydroxylation sites is 1. The van der Waals surface area contributed by atoms with Crippen LogP contribution in [-0.2, 0) is 11.3 Å². The van der Waals surface area contributed by atoms with Gasteiger partial charge in [0, 0.05) is 28.7 Å². The number of hydrogen-bond acceptors (Lipinski definition) is 3. The minimum atomic E-state index is -0.319. The number of nitrogens with one attached hydrogen (secondary N) is 1. The van der Waals surface area contributed by atoms with Crippen LogP contribution >= 0.6 is 11.8 Å². The van der Waals surface area contributed by atoms with E-state index in [4.69, 9.17) is 0 Å². The zero-order chi connectivity index (χ0) is 22.1. The minimum absolute atomic E-state index is 0.185. The number of carbonyl (C=O) groups is 1. The molecule has 1 aliphatic rings. The van der Waals surface area contributed by atoms with Gasteiger partial charge in [-0.15, -0.1) is 0 Å².